The van der Waals surface area contributed by atoms with Crippen LogP contribution in [0.1, 0.15) is 43.2 Å². The number of amides is 2. The number of aryl methyl sites for hydroxylation is 1. The highest BCUT2D eigenvalue weighted by Crippen LogP contribution is 2.35. The molecule has 1 saturated heterocycles. The molecule has 1 aromatic rings. The van der Waals surface area contributed by atoms with Crippen LogP contribution in [0, 0.1) is 5.92 Å². The minimum Gasteiger partial charge on any atom is -0.381 e. The summed E-state index contributed by atoms with van der Waals surface area (Å²) >= 11 is 0. The van der Waals surface area contributed by atoms with Crippen LogP contribution in [0.3, 0.4) is 0 Å². The molecule has 1 fully saturated rings. The number of hydrogen-bond donors (Lipinski definition) is 3. The van der Waals surface area contributed by atoms with Crippen LogP contribution in [0.2, 0.25) is 0 Å². The Morgan fingerprint density at radius 3 is 2.88 bits per heavy atom. The van der Waals surface area contributed by atoms with E-state index in [1.54, 1.807) is 0 Å². The van der Waals surface area contributed by atoms with Crippen molar-refractivity contribution in [3.63, 3.8) is 0 Å². The molecule has 2 atom stereocenters. The molecular formula is C19H27N3O3. The summed E-state index contributed by atoms with van der Waals surface area (Å²) < 4.78 is 5.31. The summed E-state index contributed by atoms with van der Waals surface area (Å²) in [4.78, 5) is 24.5. The normalized spacial score (nSPS) is 21.5. The van der Waals surface area contributed by atoms with Gasteiger partial charge in [-0.05, 0) is 48.8 Å². The largest absolute Gasteiger partial charge is 0.381 e. The topological polar surface area (TPSA) is 93.5 Å². The molecule has 0 aromatic heterocycles. The van der Waals surface area contributed by atoms with E-state index in [0.717, 1.165) is 30.5 Å². The molecule has 6 heteroatoms. The number of ether oxygens (including phenoxy) is 1. The lowest BCUT2D eigenvalue weighted by Gasteiger charge is -2.26. The summed E-state index contributed by atoms with van der Waals surface area (Å²) in [6.45, 7) is 3.89. The smallest absolute Gasteiger partial charge is 0.237 e. The fraction of sp³-hybridized carbons (Fsp3) is 0.579. The second-order valence-corrected chi connectivity index (χ2v) is 6.87. The number of rotatable bonds is 6. The Hall–Kier alpha value is -1.92. The van der Waals surface area contributed by atoms with Crippen LogP contribution in [0.5, 0.6) is 0 Å². The molecule has 2 unspecified atom stereocenters. The molecule has 136 valence electrons. The minimum absolute atomic E-state index is 0.00577. The van der Waals surface area contributed by atoms with E-state index in [2.05, 4.69) is 23.6 Å². The van der Waals surface area contributed by atoms with Gasteiger partial charge in [0.05, 0.1) is 12.0 Å². The van der Waals surface area contributed by atoms with Gasteiger partial charge >= 0.3 is 0 Å². The summed E-state index contributed by atoms with van der Waals surface area (Å²) in [5.41, 5.74) is 9.22. The molecule has 1 aromatic carbocycles. The number of nitrogens with two attached hydrogens (primary N) is 1. The van der Waals surface area contributed by atoms with Crippen LogP contribution < -0.4 is 16.4 Å². The van der Waals surface area contributed by atoms with Gasteiger partial charge in [0.15, 0.2) is 0 Å². The zero-order chi connectivity index (χ0) is 17.8. The maximum absolute atomic E-state index is 12.3. The lowest BCUT2D eigenvalue weighted by Crippen LogP contribution is -2.47. The molecule has 2 aliphatic heterocycles. The van der Waals surface area contributed by atoms with E-state index in [-0.39, 0.29) is 23.7 Å². The van der Waals surface area contributed by atoms with E-state index in [9.17, 15) is 9.59 Å². The molecule has 2 aliphatic rings. The molecule has 0 spiro atoms. The van der Waals surface area contributed by atoms with Gasteiger partial charge in [-0.1, -0.05) is 19.1 Å². The first-order valence-corrected chi connectivity index (χ1v) is 9.15. The van der Waals surface area contributed by atoms with Gasteiger partial charge in [0.25, 0.3) is 0 Å². The van der Waals surface area contributed by atoms with Crippen molar-refractivity contribution in [2.45, 2.75) is 44.6 Å². The highest BCUT2D eigenvalue weighted by molar-refractivity contribution is 6.03. The van der Waals surface area contributed by atoms with Gasteiger partial charge in [-0.2, -0.15) is 0 Å². The summed E-state index contributed by atoms with van der Waals surface area (Å²) in [5, 5.41) is 5.82. The number of carbonyl (C=O) groups excluding carboxylic acids is 2. The number of benzene rings is 1. The van der Waals surface area contributed by atoms with Crippen LogP contribution >= 0.6 is 0 Å². The van der Waals surface area contributed by atoms with Gasteiger partial charge < -0.3 is 21.1 Å². The van der Waals surface area contributed by atoms with E-state index in [4.69, 9.17) is 10.5 Å². The first-order valence-electron chi connectivity index (χ1n) is 9.15. The predicted molar refractivity (Wildman–Crippen MR) is 96.3 cm³/mol. The van der Waals surface area contributed by atoms with Gasteiger partial charge in [0.2, 0.25) is 11.8 Å². The third kappa shape index (κ3) is 4.02. The average Bonchev–Trinajstić information content (AvgIpc) is 2.96. The Morgan fingerprint density at radius 1 is 1.40 bits per heavy atom. The van der Waals surface area contributed by atoms with Crippen LogP contribution in [-0.2, 0) is 20.7 Å². The first-order chi connectivity index (χ1) is 12.1. The fourth-order valence-electron chi connectivity index (χ4n) is 3.63. The summed E-state index contributed by atoms with van der Waals surface area (Å²) in [6.07, 6.45) is 3.17. The van der Waals surface area contributed by atoms with Crippen molar-refractivity contribution in [1.82, 2.24) is 5.32 Å². The van der Waals surface area contributed by atoms with Crippen molar-refractivity contribution in [1.29, 1.82) is 0 Å². The molecule has 0 aliphatic carbocycles. The van der Waals surface area contributed by atoms with Crippen LogP contribution in [0.15, 0.2) is 18.2 Å². The van der Waals surface area contributed by atoms with Gasteiger partial charge in [-0.15, -0.1) is 0 Å². The van der Waals surface area contributed by atoms with Crippen molar-refractivity contribution in [2.75, 3.05) is 25.1 Å². The van der Waals surface area contributed by atoms with Crippen molar-refractivity contribution in [3.8, 4) is 0 Å². The molecule has 2 heterocycles. The Morgan fingerprint density at radius 2 is 2.16 bits per heavy atom. The lowest BCUT2D eigenvalue weighted by molar-refractivity contribution is -0.124. The lowest BCUT2D eigenvalue weighted by atomic mass is 9.91. The zero-order valence-electron chi connectivity index (χ0n) is 14.7. The van der Waals surface area contributed by atoms with E-state index >= 15 is 0 Å². The standard InChI is InChI=1S/C19H27N3O3/c1-2-12-3-4-16-15(11-12)14(18(23)22-16)5-8-21-19(24)17(20)13-6-9-25-10-7-13/h3-4,11,13-14,17H,2,5-10,20H2,1H3,(H,21,24)(H,22,23). The highest BCUT2D eigenvalue weighted by Gasteiger charge is 2.31. The molecule has 4 N–H and O–H groups in total. The Balaban J connectivity index is 1.54. The molecule has 25 heavy (non-hydrogen) atoms. The van der Waals surface area contributed by atoms with Gasteiger partial charge in [0.1, 0.15) is 0 Å². The summed E-state index contributed by atoms with van der Waals surface area (Å²) in [5.74, 6) is -0.156. The predicted octanol–water partition coefficient (Wildman–Crippen LogP) is 1.54. The first kappa shape index (κ1) is 17.9. The number of carbonyl (C=O) groups is 2. The number of anilines is 1. The van der Waals surface area contributed by atoms with Crippen LogP contribution in [0.25, 0.3) is 0 Å². The third-order valence-corrected chi connectivity index (χ3v) is 5.28. The van der Waals surface area contributed by atoms with Crippen LogP contribution in [0.4, 0.5) is 5.69 Å². The quantitative estimate of drug-likeness (QED) is 0.729. The second kappa shape index (κ2) is 7.97. The molecule has 0 radical (unpaired) electrons. The highest BCUT2D eigenvalue weighted by atomic mass is 16.5. The SMILES string of the molecule is CCc1ccc2c(c1)C(CCNC(=O)C(N)C1CCOCC1)C(=O)N2. The summed E-state index contributed by atoms with van der Waals surface area (Å²) in [7, 11) is 0. The zero-order valence-corrected chi connectivity index (χ0v) is 14.7. The Labute approximate surface area is 148 Å². The Bertz CT molecular complexity index is 641. The van der Waals surface area contributed by atoms with E-state index in [0.29, 0.717) is 26.2 Å². The average molecular weight is 345 g/mol. The molecule has 0 bridgehead atoms. The van der Waals surface area contributed by atoms with E-state index < -0.39 is 6.04 Å². The molecule has 6 nitrogen and oxygen atoms in total. The number of fused-ring (bicyclic) bond motifs is 1. The minimum atomic E-state index is -0.500. The van der Waals surface area contributed by atoms with Gasteiger partial charge in [0, 0.05) is 25.4 Å². The van der Waals surface area contributed by atoms with Crippen molar-refractivity contribution >= 4 is 17.5 Å². The van der Waals surface area contributed by atoms with Crippen LogP contribution in [-0.4, -0.2) is 37.6 Å². The second-order valence-electron chi connectivity index (χ2n) is 6.87. The molecule has 0 saturated carbocycles. The summed E-state index contributed by atoms with van der Waals surface area (Å²) in [6, 6.07) is 5.59. The van der Waals surface area contributed by atoms with Crippen molar-refractivity contribution in [2.24, 2.45) is 11.7 Å². The van der Waals surface area contributed by atoms with Crippen molar-refractivity contribution in [3.05, 3.63) is 29.3 Å². The van der Waals surface area contributed by atoms with Crippen molar-refractivity contribution < 1.29 is 14.3 Å². The fourth-order valence-corrected chi connectivity index (χ4v) is 3.63. The number of hydrogen-bond acceptors (Lipinski definition) is 4. The monoisotopic (exact) mass is 345 g/mol. The van der Waals surface area contributed by atoms with Gasteiger partial charge in [-0.3, -0.25) is 9.59 Å². The molecular weight excluding hydrogens is 318 g/mol. The molecule has 3 rings (SSSR count). The van der Waals surface area contributed by atoms with E-state index in [1.165, 1.54) is 5.56 Å². The third-order valence-electron chi connectivity index (χ3n) is 5.28. The maximum Gasteiger partial charge on any atom is 0.237 e. The Kier molecular flexibility index (Phi) is 5.71. The van der Waals surface area contributed by atoms with Gasteiger partial charge in [-0.25, -0.2) is 0 Å². The van der Waals surface area contributed by atoms with E-state index in [1.807, 2.05) is 12.1 Å². The maximum atomic E-state index is 12.3. The number of nitrogens with one attached hydrogen (secondary N) is 2. The molecule has 2 amide bonds.